The molecule has 6 nitrogen and oxygen atoms in total. The third-order valence-electron chi connectivity index (χ3n) is 1.90. The fourth-order valence-electron chi connectivity index (χ4n) is 1.21. The zero-order valence-electron chi connectivity index (χ0n) is 11.3. The summed E-state index contributed by atoms with van der Waals surface area (Å²) in [5, 5.41) is 14.2. The normalized spacial score (nSPS) is 11.6. The van der Waals surface area contributed by atoms with Gasteiger partial charge in [-0.05, 0) is 34.9 Å². The van der Waals surface area contributed by atoms with Crippen LogP contribution in [0.4, 0.5) is 11.8 Å². The van der Waals surface area contributed by atoms with Gasteiger partial charge in [0.15, 0.2) is 5.82 Å². The fraction of sp³-hybridized carbons (Fsp3) is 0.727. The minimum atomic E-state index is -0.0308. The third kappa shape index (κ3) is 6.01. The highest BCUT2D eigenvalue weighted by Gasteiger charge is 2.10. The van der Waals surface area contributed by atoms with Crippen molar-refractivity contribution in [2.45, 2.75) is 26.3 Å². The number of rotatable bonds is 5. The fourth-order valence-corrected chi connectivity index (χ4v) is 1.21. The first-order chi connectivity index (χ1) is 7.87. The molecule has 0 amide bonds. The summed E-state index contributed by atoms with van der Waals surface area (Å²) < 4.78 is 0. The molecular weight excluding hydrogens is 216 g/mol. The molecule has 1 aromatic heterocycles. The summed E-state index contributed by atoms with van der Waals surface area (Å²) in [6.45, 7) is 7.96. The number of aromatic nitrogens is 3. The van der Waals surface area contributed by atoms with Gasteiger partial charge in [0.2, 0.25) is 5.95 Å². The van der Waals surface area contributed by atoms with Crippen LogP contribution >= 0.6 is 0 Å². The van der Waals surface area contributed by atoms with E-state index in [1.54, 1.807) is 6.20 Å². The largest absolute Gasteiger partial charge is 0.364 e. The average molecular weight is 238 g/mol. The molecule has 96 valence electrons. The van der Waals surface area contributed by atoms with Crippen molar-refractivity contribution in [3.05, 3.63) is 6.20 Å². The third-order valence-corrected chi connectivity index (χ3v) is 1.90. The van der Waals surface area contributed by atoms with E-state index in [1.807, 2.05) is 14.1 Å². The van der Waals surface area contributed by atoms with Crippen LogP contribution in [0.5, 0.6) is 0 Å². The van der Waals surface area contributed by atoms with E-state index in [9.17, 15) is 0 Å². The molecule has 1 aromatic rings. The molecule has 1 heterocycles. The second kappa shape index (κ2) is 5.77. The Morgan fingerprint density at radius 2 is 2.00 bits per heavy atom. The molecule has 0 aliphatic carbocycles. The molecule has 0 unspecified atom stereocenters. The maximum Gasteiger partial charge on any atom is 0.244 e. The number of nitrogens with one attached hydrogen (secondary N) is 2. The second-order valence-corrected chi connectivity index (χ2v) is 5.27. The van der Waals surface area contributed by atoms with Crippen LogP contribution in [0.2, 0.25) is 0 Å². The van der Waals surface area contributed by atoms with Crippen molar-refractivity contribution in [3.8, 4) is 0 Å². The zero-order valence-corrected chi connectivity index (χ0v) is 11.3. The van der Waals surface area contributed by atoms with E-state index in [0.29, 0.717) is 5.95 Å². The molecule has 0 radical (unpaired) electrons. The maximum atomic E-state index is 4.34. The molecule has 6 heteroatoms. The maximum absolute atomic E-state index is 4.34. The van der Waals surface area contributed by atoms with Gasteiger partial charge in [-0.1, -0.05) is 0 Å². The summed E-state index contributed by atoms with van der Waals surface area (Å²) in [6, 6.07) is 0. The zero-order chi connectivity index (χ0) is 12.9. The van der Waals surface area contributed by atoms with Crippen molar-refractivity contribution in [2.24, 2.45) is 0 Å². The first-order valence-corrected chi connectivity index (χ1v) is 5.73. The van der Waals surface area contributed by atoms with Crippen LogP contribution in [-0.4, -0.2) is 52.8 Å². The summed E-state index contributed by atoms with van der Waals surface area (Å²) in [6.07, 6.45) is 1.63. The van der Waals surface area contributed by atoms with Crippen LogP contribution in [0.25, 0.3) is 0 Å². The first-order valence-electron chi connectivity index (χ1n) is 5.73. The van der Waals surface area contributed by atoms with Gasteiger partial charge in [0.1, 0.15) is 0 Å². The Morgan fingerprint density at radius 1 is 1.29 bits per heavy atom. The van der Waals surface area contributed by atoms with Crippen molar-refractivity contribution in [1.29, 1.82) is 0 Å². The van der Waals surface area contributed by atoms with Gasteiger partial charge in [0.05, 0.1) is 6.20 Å². The molecule has 0 bridgehead atoms. The second-order valence-electron chi connectivity index (χ2n) is 5.27. The summed E-state index contributed by atoms with van der Waals surface area (Å²) in [5.41, 5.74) is -0.0308. The van der Waals surface area contributed by atoms with Gasteiger partial charge in [-0.3, -0.25) is 0 Å². The Kier molecular flexibility index (Phi) is 4.62. The van der Waals surface area contributed by atoms with Crippen molar-refractivity contribution >= 4 is 11.8 Å². The summed E-state index contributed by atoms with van der Waals surface area (Å²) in [4.78, 5) is 6.44. The number of hydrogen-bond acceptors (Lipinski definition) is 6. The Hall–Kier alpha value is -1.43. The van der Waals surface area contributed by atoms with Gasteiger partial charge >= 0.3 is 0 Å². The summed E-state index contributed by atoms with van der Waals surface area (Å²) in [7, 11) is 4.05. The molecule has 17 heavy (non-hydrogen) atoms. The quantitative estimate of drug-likeness (QED) is 0.799. The number of anilines is 2. The highest BCUT2D eigenvalue weighted by molar-refractivity contribution is 5.38. The number of nitrogens with zero attached hydrogens (tertiary/aromatic N) is 4. The van der Waals surface area contributed by atoms with E-state index in [0.717, 1.165) is 18.9 Å². The van der Waals surface area contributed by atoms with Crippen molar-refractivity contribution in [2.75, 3.05) is 37.8 Å². The molecule has 2 N–H and O–H groups in total. The molecule has 0 aliphatic rings. The number of hydrogen-bond donors (Lipinski definition) is 2. The van der Waals surface area contributed by atoms with Gasteiger partial charge < -0.3 is 15.5 Å². The van der Waals surface area contributed by atoms with Crippen LogP contribution in [-0.2, 0) is 0 Å². The SMILES string of the molecule is CN(C)CCNc1nncc(NC(C)(C)C)n1. The Morgan fingerprint density at radius 3 is 2.59 bits per heavy atom. The number of likely N-dealkylation sites (N-methyl/N-ethyl adjacent to an activating group) is 1. The lowest BCUT2D eigenvalue weighted by Gasteiger charge is -2.21. The lowest BCUT2D eigenvalue weighted by Crippen LogP contribution is -2.27. The minimum absolute atomic E-state index is 0.0308. The van der Waals surface area contributed by atoms with E-state index in [4.69, 9.17) is 0 Å². The highest BCUT2D eigenvalue weighted by Crippen LogP contribution is 2.11. The van der Waals surface area contributed by atoms with E-state index in [1.165, 1.54) is 0 Å². The predicted molar refractivity (Wildman–Crippen MR) is 70.2 cm³/mol. The Bertz CT molecular complexity index is 344. The standard InChI is InChI=1S/C11H22N6/c1-11(2,3)15-9-8-13-16-10(14-9)12-6-7-17(4)5/h8H,6-7H2,1-5H3,(H2,12,14,15,16). The molecule has 0 saturated heterocycles. The van der Waals surface area contributed by atoms with Crippen molar-refractivity contribution in [3.63, 3.8) is 0 Å². The Balaban J connectivity index is 2.54. The van der Waals surface area contributed by atoms with Gasteiger partial charge in [0.25, 0.3) is 0 Å². The summed E-state index contributed by atoms with van der Waals surface area (Å²) in [5.74, 6) is 1.29. The van der Waals surface area contributed by atoms with Gasteiger partial charge in [-0.2, -0.15) is 10.1 Å². The lowest BCUT2D eigenvalue weighted by atomic mass is 10.1. The monoisotopic (exact) mass is 238 g/mol. The lowest BCUT2D eigenvalue weighted by molar-refractivity contribution is 0.425. The van der Waals surface area contributed by atoms with Crippen molar-refractivity contribution in [1.82, 2.24) is 20.1 Å². The van der Waals surface area contributed by atoms with Crippen LogP contribution in [0.1, 0.15) is 20.8 Å². The molecule has 0 aliphatic heterocycles. The molecule has 0 atom stereocenters. The van der Waals surface area contributed by atoms with E-state index in [-0.39, 0.29) is 5.54 Å². The minimum Gasteiger partial charge on any atom is -0.364 e. The molecule has 0 spiro atoms. The Labute approximate surface area is 103 Å². The van der Waals surface area contributed by atoms with E-state index >= 15 is 0 Å². The molecule has 0 fully saturated rings. The molecule has 0 aromatic carbocycles. The van der Waals surface area contributed by atoms with Crippen LogP contribution < -0.4 is 10.6 Å². The molecule has 1 rings (SSSR count). The van der Waals surface area contributed by atoms with E-state index in [2.05, 4.69) is 51.5 Å². The van der Waals surface area contributed by atoms with Crippen LogP contribution in [0.3, 0.4) is 0 Å². The van der Waals surface area contributed by atoms with Gasteiger partial charge in [-0.25, -0.2) is 0 Å². The van der Waals surface area contributed by atoms with Crippen LogP contribution in [0, 0.1) is 0 Å². The smallest absolute Gasteiger partial charge is 0.244 e. The van der Waals surface area contributed by atoms with Crippen LogP contribution in [0.15, 0.2) is 6.20 Å². The average Bonchev–Trinajstić information content (AvgIpc) is 2.14. The topological polar surface area (TPSA) is 66.0 Å². The van der Waals surface area contributed by atoms with Gasteiger partial charge in [-0.15, -0.1) is 5.10 Å². The first kappa shape index (κ1) is 13.6. The van der Waals surface area contributed by atoms with Gasteiger partial charge in [0, 0.05) is 18.6 Å². The molecule has 0 saturated carbocycles. The van der Waals surface area contributed by atoms with Crippen molar-refractivity contribution < 1.29 is 0 Å². The highest BCUT2D eigenvalue weighted by atomic mass is 15.3. The summed E-state index contributed by atoms with van der Waals surface area (Å²) >= 11 is 0. The molecular formula is C11H22N6. The predicted octanol–water partition coefficient (Wildman–Crippen LogP) is 1.06. The van der Waals surface area contributed by atoms with E-state index < -0.39 is 0 Å².